The van der Waals surface area contributed by atoms with Crippen LogP contribution >= 0.6 is 0 Å². The zero-order chi connectivity index (χ0) is 16.4. The van der Waals surface area contributed by atoms with Crippen LogP contribution in [-0.2, 0) is 0 Å². The lowest BCUT2D eigenvalue weighted by Crippen LogP contribution is -2.41. The Bertz CT molecular complexity index is 679. The van der Waals surface area contributed by atoms with Gasteiger partial charge >= 0.3 is 0 Å². The predicted molar refractivity (Wildman–Crippen MR) is 80.8 cm³/mol. The monoisotopic (exact) mass is 317 g/mol. The molecule has 1 amide bonds. The van der Waals surface area contributed by atoms with E-state index in [9.17, 15) is 9.90 Å². The number of aryl methyl sites for hydroxylation is 1. The van der Waals surface area contributed by atoms with Gasteiger partial charge in [-0.1, -0.05) is 6.07 Å². The third kappa shape index (κ3) is 3.16. The van der Waals surface area contributed by atoms with Crippen molar-refractivity contribution in [2.45, 2.75) is 31.9 Å². The minimum Gasteiger partial charge on any atom is -0.481 e. The van der Waals surface area contributed by atoms with Crippen molar-refractivity contribution in [1.82, 2.24) is 25.7 Å². The number of methoxy groups -OCH3 is 1. The topological polar surface area (TPSA) is 113 Å². The number of aliphatic hydroxyl groups excluding tert-OH is 1. The van der Waals surface area contributed by atoms with Gasteiger partial charge in [-0.25, -0.2) is 4.98 Å². The van der Waals surface area contributed by atoms with Gasteiger partial charge in [-0.2, -0.15) is 15.4 Å². The number of hydrogen-bond donors (Lipinski definition) is 3. The van der Waals surface area contributed by atoms with E-state index in [1.165, 1.54) is 0 Å². The summed E-state index contributed by atoms with van der Waals surface area (Å²) in [5.41, 5.74) is 1.69. The van der Waals surface area contributed by atoms with Gasteiger partial charge in [0.2, 0.25) is 5.88 Å². The number of nitrogens with zero attached hydrogens (tertiary/aromatic N) is 3. The molecule has 1 aliphatic rings. The normalized spacial score (nSPS) is 21.3. The zero-order valence-electron chi connectivity index (χ0n) is 13.0. The minimum atomic E-state index is -0.306. The van der Waals surface area contributed by atoms with E-state index in [4.69, 9.17) is 4.74 Å². The van der Waals surface area contributed by atoms with Crippen molar-refractivity contribution in [3.05, 3.63) is 35.3 Å². The number of aromatic amines is 1. The summed E-state index contributed by atoms with van der Waals surface area (Å²) < 4.78 is 5.06. The zero-order valence-corrected chi connectivity index (χ0v) is 13.0. The summed E-state index contributed by atoms with van der Waals surface area (Å²) in [6, 6.07) is 3.39. The molecule has 8 heteroatoms. The van der Waals surface area contributed by atoms with Crippen molar-refractivity contribution in [2.75, 3.05) is 7.11 Å². The number of hydrogen-bond acceptors (Lipinski definition) is 6. The Balaban J connectivity index is 1.80. The fourth-order valence-electron chi connectivity index (χ4n) is 2.78. The Kier molecular flexibility index (Phi) is 4.24. The molecule has 122 valence electrons. The number of H-pyrrole nitrogens is 1. The smallest absolute Gasteiger partial charge is 0.274 e. The van der Waals surface area contributed by atoms with E-state index >= 15 is 0 Å². The summed E-state index contributed by atoms with van der Waals surface area (Å²) in [6.07, 6.45) is 2.67. The molecule has 1 fully saturated rings. The van der Waals surface area contributed by atoms with Gasteiger partial charge in [0.25, 0.3) is 5.91 Å². The van der Waals surface area contributed by atoms with Gasteiger partial charge in [0.05, 0.1) is 24.9 Å². The number of rotatable bonds is 5. The molecule has 0 aromatic carbocycles. The van der Waals surface area contributed by atoms with Crippen molar-refractivity contribution in [2.24, 2.45) is 5.92 Å². The fourth-order valence-corrected chi connectivity index (χ4v) is 2.78. The number of amides is 1. The molecule has 2 heterocycles. The molecule has 1 saturated carbocycles. The van der Waals surface area contributed by atoms with E-state index in [0.29, 0.717) is 24.4 Å². The Hall–Kier alpha value is -2.48. The van der Waals surface area contributed by atoms with Gasteiger partial charge in [-0.05, 0) is 31.2 Å². The number of nitrogens with one attached hydrogen (secondary N) is 2. The van der Waals surface area contributed by atoms with E-state index in [1.807, 2.05) is 6.07 Å². The molecule has 2 aromatic rings. The summed E-state index contributed by atoms with van der Waals surface area (Å²) in [7, 11) is 1.55. The Morgan fingerprint density at radius 1 is 1.43 bits per heavy atom. The van der Waals surface area contributed by atoms with E-state index in [2.05, 4.69) is 25.7 Å². The summed E-state index contributed by atoms with van der Waals surface area (Å²) in [5.74, 6) is 0.384. The van der Waals surface area contributed by atoms with Gasteiger partial charge < -0.3 is 15.2 Å². The molecule has 1 aliphatic carbocycles. The highest BCUT2D eigenvalue weighted by Crippen LogP contribution is 2.38. The molecule has 0 aliphatic heterocycles. The number of ether oxygens (including phenoxy) is 1. The Labute approximate surface area is 133 Å². The largest absolute Gasteiger partial charge is 0.481 e. The second kappa shape index (κ2) is 6.33. The molecule has 2 aromatic heterocycles. The van der Waals surface area contributed by atoms with E-state index in [1.54, 1.807) is 26.3 Å². The summed E-state index contributed by atoms with van der Waals surface area (Å²) >= 11 is 0. The first-order valence-corrected chi connectivity index (χ1v) is 7.44. The average Bonchev–Trinajstić information content (AvgIpc) is 2.96. The minimum absolute atomic E-state index is 0.163. The quantitative estimate of drug-likeness (QED) is 0.750. The van der Waals surface area contributed by atoms with Crippen LogP contribution in [0.25, 0.3) is 0 Å². The molecule has 0 radical (unpaired) electrons. The molecular formula is C15H19N5O3. The number of aliphatic hydroxyl groups is 1. The molecule has 23 heavy (non-hydrogen) atoms. The molecule has 0 spiro atoms. The molecule has 0 saturated heterocycles. The Morgan fingerprint density at radius 3 is 2.74 bits per heavy atom. The van der Waals surface area contributed by atoms with Crippen LogP contribution in [0.4, 0.5) is 0 Å². The van der Waals surface area contributed by atoms with Crippen LogP contribution in [0.1, 0.15) is 40.6 Å². The lowest BCUT2D eigenvalue weighted by Gasteiger charge is -2.38. The molecule has 0 bridgehead atoms. The van der Waals surface area contributed by atoms with Gasteiger partial charge in [0, 0.05) is 12.3 Å². The predicted octanol–water partition coefficient (Wildman–Crippen LogP) is 0.759. The van der Waals surface area contributed by atoms with Gasteiger partial charge in [-0.3, -0.25) is 4.79 Å². The third-order valence-electron chi connectivity index (χ3n) is 4.17. The second-order valence-corrected chi connectivity index (χ2v) is 5.73. The third-order valence-corrected chi connectivity index (χ3v) is 4.17. The van der Waals surface area contributed by atoms with Crippen LogP contribution in [0.5, 0.6) is 5.88 Å². The van der Waals surface area contributed by atoms with Crippen molar-refractivity contribution >= 4 is 5.91 Å². The lowest BCUT2D eigenvalue weighted by atomic mass is 9.75. The number of aromatic nitrogens is 4. The van der Waals surface area contributed by atoms with E-state index in [0.717, 1.165) is 5.56 Å². The van der Waals surface area contributed by atoms with Crippen molar-refractivity contribution in [3.63, 3.8) is 0 Å². The molecule has 3 rings (SSSR count). The van der Waals surface area contributed by atoms with Crippen LogP contribution < -0.4 is 10.1 Å². The standard InChI is InChI=1S/C15H19N5O3/c1-8-13(19-20-18-8)15(22)17-14(10-5-11(21)6-10)9-3-4-12(23-2)16-7-9/h3-4,7,10-11,14,21H,5-6H2,1-2H3,(H,17,22)(H,18,19,20)/t10?,11?,14-/m0/s1. The number of carbonyl (C=O) groups excluding carboxylic acids is 1. The highest BCUT2D eigenvalue weighted by Gasteiger charge is 2.36. The lowest BCUT2D eigenvalue weighted by molar-refractivity contribution is 0.0234. The first-order chi connectivity index (χ1) is 11.1. The molecule has 8 nitrogen and oxygen atoms in total. The van der Waals surface area contributed by atoms with Gasteiger partial charge in [0.15, 0.2) is 5.69 Å². The Morgan fingerprint density at radius 2 is 2.22 bits per heavy atom. The van der Waals surface area contributed by atoms with Crippen molar-refractivity contribution in [1.29, 1.82) is 0 Å². The molecular weight excluding hydrogens is 298 g/mol. The molecule has 0 unspecified atom stereocenters. The maximum atomic E-state index is 12.4. The van der Waals surface area contributed by atoms with Gasteiger partial charge in [-0.15, -0.1) is 0 Å². The summed E-state index contributed by atoms with van der Waals surface area (Å²) in [4.78, 5) is 16.6. The van der Waals surface area contributed by atoms with Gasteiger partial charge in [0.1, 0.15) is 0 Å². The molecule has 3 N–H and O–H groups in total. The SMILES string of the molecule is COc1ccc([C@H](NC(=O)c2n[nH]nc2C)C2CC(O)C2)cn1. The first-order valence-electron chi connectivity index (χ1n) is 7.44. The second-order valence-electron chi connectivity index (χ2n) is 5.73. The van der Waals surface area contributed by atoms with Crippen molar-refractivity contribution < 1.29 is 14.6 Å². The summed E-state index contributed by atoms with van der Waals surface area (Å²) in [6.45, 7) is 1.72. The van der Waals surface area contributed by atoms with Crippen LogP contribution in [0.3, 0.4) is 0 Å². The highest BCUT2D eigenvalue weighted by atomic mass is 16.5. The summed E-state index contributed by atoms with van der Waals surface area (Å²) in [5, 5.41) is 22.7. The fraction of sp³-hybridized carbons (Fsp3) is 0.467. The van der Waals surface area contributed by atoms with Crippen molar-refractivity contribution in [3.8, 4) is 5.88 Å². The average molecular weight is 317 g/mol. The highest BCUT2D eigenvalue weighted by molar-refractivity contribution is 5.93. The first kappa shape index (κ1) is 15.4. The van der Waals surface area contributed by atoms with Crippen LogP contribution in [-0.4, -0.2) is 44.6 Å². The van der Waals surface area contributed by atoms with Crippen LogP contribution in [0.15, 0.2) is 18.3 Å². The number of pyridine rings is 1. The molecule has 1 atom stereocenters. The number of carbonyl (C=O) groups is 1. The van der Waals surface area contributed by atoms with Crippen LogP contribution in [0, 0.1) is 12.8 Å². The van der Waals surface area contributed by atoms with E-state index < -0.39 is 0 Å². The maximum absolute atomic E-state index is 12.4. The van der Waals surface area contributed by atoms with Crippen LogP contribution in [0.2, 0.25) is 0 Å². The van der Waals surface area contributed by atoms with E-state index in [-0.39, 0.29) is 29.7 Å². The maximum Gasteiger partial charge on any atom is 0.274 e.